The molecule has 3 nitrogen and oxygen atoms in total. The maximum absolute atomic E-state index is 13.1. The summed E-state index contributed by atoms with van der Waals surface area (Å²) in [5, 5.41) is 4.10. The summed E-state index contributed by atoms with van der Waals surface area (Å²) in [5.74, 6) is -2.44. The van der Waals surface area contributed by atoms with Crippen LogP contribution in [0, 0.1) is 9.75 Å². The molecule has 0 N–H and O–H groups in total. The fourth-order valence-electron chi connectivity index (χ4n) is 2.06. The van der Waals surface area contributed by atoms with Crippen LogP contribution >= 0.6 is 22.6 Å². The van der Waals surface area contributed by atoms with Gasteiger partial charge in [-0.3, -0.25) is 4.68 Å². The highest BCUT2D eigenvalue weighted by atomic mass is 127. The molecule has 6 heteroatoms. The largest absolute Gasteiger partial charge is 0.252 e. The molecule has 1 heterocycles. The molecule has 0 amide bonds. The van der Waals surface area contributed by atoms with E-state index >= 15 is 0 Å². The van der Waals surface area contributed by atoms with Crippen molar-refractivity contribution in [3.05, 3.63) is 10.2 Å². The lowest BCUT2D eigenvalue weighted by molar-refractivity contribution is -0.0552. The van der Waals surface area contributed by atoms with Gasteiger partial charge >= 0.3 is 0 Å². The molecule has 1 atom stereocenters. The van der Waals surface area contributed by atoms with Gasteiger partial charge in [0.1, 0.15) is 6.33 Å². The van der Waals surface area contributed by atoms with Crippen LogP contribution in [0.4, 0.5) is 8.78 Å². The molecule has 84 valence electrons. The van der Waals surface area contributed by atoms with Gasteiger partial charge in [0.2, 0.25) is 9.75 Å². The first-order chi connectivity index (χ1) is 7.05. The zero-order chi connectivity index (χ0) is 10.9. The normalized spacial score (nSPS) is 25.4. The van der Waals surface area contributed by atoms with Gasteiger partial charge in [0.15, 0.2) is 0 Å². The zero-order valence-electron chi connectivity index (χ0n) is 8.17. The Hall–Kier alpha value is -0.270. The van der Waals surface area contributed by atoms with E-state index in [9.17, 15) is 8.78 Å². The topological polar surface area (TPSA) is 30.7 Å². The third kappa shape index (κ3) is 3.09. The minimum atomic E-state index is -2.48. The van der Waals surface area contributed by atoms with Gasteiger partial charge in [-0.05, 0) is 18.8 Å². The molecule has 0 radical (unpaired) electrons. The summed E-state index contributed by atoms with van der Waals surface area (Å²) in [5.41, 5.74) is 0. The molecular weight excluding hydrogens is 315 g/mol. The Morgan fingerprint density at radius 2 is 2.40 bits per heavy atom. The molecule has 15 heavy (non-hydrogen) atoms. The number of hydrogen-bond donors (Lipinski definition) is 0. The second-order valence-electron chi connectivity index (χ2n) is 4.05. The van der Waals surface area contributed by atoms with Crippen LogP contribution in [-0.2, 0) is 6.54 Å². The van der Waals surface area contributed by atoms with Gasteiger partial charge in [-0.25, -0.2) is 13.8 Å². The van der Waals surface area contributed by atoms with Crippen molar-refractivity contribution >= 4 is 22.6 Å². The van der Waals surface area contributed by atoms with Gasteiger partial charge in [0.25, 0.3) is 0 Å². The van der Waals surface area contributed by atoms with Gasteiger partial charge in [-0.15, -0.1) is 5.10 Å². The van der Waals surface area contributed by atoms with Gasteiger partial charge < -0.3 is 0 Å². The molecule has 1 unspecified atom stereocenters. The highest BCUT2D eigenvalue weighted by molar-refractivity contribution is 14.1. The van der Waals surface area contributed by atoms with Gasteiger partial charge in [-0.1, -0.05) is 0 Å². The van der Waals surface area contributed by atoms with Crippen LogP contribution in [0.25, 0.3) is 0 Å². The van der Waals surface area contributed by atoms with Crippen LogP contribution in [0.3, 0.4) is 0 Å². The molecular formula is C9H12F2IN3. The Labute approximate surface area is 100 Å². The smallest absolute Gasteiger partial charge is 0.248 e. The Kier molecular flexibility index (Phi) is 3.22. The second kappa shape index (κ2) is 4.31. The Morgan fingerprint density at radius 1 is 1.60 bits per heavy atom. The third-order valence-corrected chi connectivity index (χ3v) is 3.19. The van der Waals surface area contributed by atoms with Crippen molar-refractivity contribution in [1.82, 2.24) is 14.8 Å². The van der Waals surface area contributed by atoms with Crippen molar-refractivity contribution in [3.8, 4) is 0 Å². The van der Waals surface area contributed by atoms with Crippen molar-refractivity contribution in [1.29, 1.82) is 0 Å². The molecule has 0 spiro atoms. The van der Waals surface area contributed by atoms with Crippen LogP contribution in [-0.4, -0.2) is 20.7 Å². The maximum atomic E-state index is 13.1. The van der Waals surface area contributed by atoms with E-state index in [1.165, 1.54) is 0 Å². The van der Waals surface area contributed by atoms with Crippen molar-refractivity contribution in [2.75, 3.05) is 0 Å². The molecule has 1 aromatic heterocycles. The Bertz CT molecular complexity index is 340. The van der Waals surface area contributed by atoms with Gasteiger partial charge in [0.05, 0.1) is 0 Å². The van der Waals surface area contributed by atoms with E-state index in [-0.39, 0.29) is 18.8 Å². The summed E-state index contributed by atoms with van der Waals surface area (Å²) in [6.07, 6.45) is 3.12. The van der Waals surface area contributed by atoms with E-state index in [2.05, 4.69) is 10.1 Å². The van der Waals surface area contributed by atoms with Gasteiger partial charge in [-0.2, -0.15) is 0 Å². The van der Waals surface area contributed by atoms with E-state index in [0.29, 0.717) is 16.8 Å². The SMILES string of the molecule is FC1(F)CCCC(Cn2cnc(I)n2)C1. The maximum Gasteiger partial charge on any atom is 0.248 e. The summed E-state index contributed by atoms with van der Waals surface area (Å²) < 4.78 is 28.6. The molecule has 0 saturated heterocycles. The van der Waals surface area contributed by atoms with E-state index in [0.717, 1.165) is 6.42 Å². The molecule has 0 bridgehead atoms. The van der Waals surface area contributed by atoms with E-state index in [4.69, 9.17) is 0 Å². The van der Waals surface area contributed by atoms with Crippen molar-refractivity contribution in [2.24, 2.45) is 5.92 Å². The highest BCUT2D eigenvalue weighted by Gasteiger charge is 2.36. The number of alkyl halides is 2. The molecule has 1 saturated carbocycles. The van der Waals surface area contributed by atoms with E-state index < -0.39 is 5.92 Å². The summed E-state index contributed by atoms with van der Waals surface area (Å²) in [4.78, 5) is 3.97. The van der Waals surface area contributed by atoms with E-state index in [1.807, 2.05) is 22.6 Å². The first-order valence-corrected chi connectivity index (χ1v) is 6.06. The van der Waals surface area contributed by atoms with E-state index in [1.54, 1.807) is 11.0 Å². The number of halogens is 3. The Morgan fingerprint density at radius 3 is 3.00 bits per heavy atom. The number of hydrogen-bond acceptors (Lipinski definition) is 2. The second-order valence-corrected chi connectivity index (χ2v) is 5.02. The average Bonchev–Trinajstić information content (AvgIpc) is 2.49. The lowest BCUT2D eigenvalue weighted by atomic mass is 9.86. The van der Waals surface area contributed by atoms with Crippen molar-refractivity contribution in [3.63, 3.8) is 0 Å². The first-order valence-electron chi connectivity index (χ1n) is 4.98. The third-order valence-electron chi connectivity index (χ3n) is 2.70. The van der Waals surface area contributed by atoms with Crippen molar-refractivity contribution in [2.45, 2.75) is 38.2 Å². The number of nitrogens with zero attached hydrogens (tertiary/aromatic N) is 3. The fourth-order valence-corrected chi connectivity index (χ4v) is 2.46. The lowest BCUT2D eigenvalue weighted by Gasteiger charge is -2.28. The van der Waals surface area contributed by atoms with Crippen LogP contribution in [0.2, 0.25) is 0 Å². The monoisotopic (exact) mass is 327 g/mol. The lowest BCUT2D eigenvalue weighted by Crippen LogP contribution is -2.28. The van der Waals surface area contributed by atoms with Crippen LogP contribution in [0.1, 0.15) is 25.7 Å². The first kappa shape index (κ1) is 11.2. The molecule has 1 fully saturated rings. The quantitative estimate of drug-likeness (QED) is 0.782. The van der Waals surface area contributed by atoms with Gasteiger partial charge in [0, 0.05) is 42.0 Å². The molecule has 2 rings (SSSR count). The predicted octanol–water partition coefficient (Wildman–Crippen LogP) is 2.71. The van der Waals surface area contributed by atoms with Crippen molar-refractivity contribution < 1.29 is 8.78 Å². The highest BCUT2D eigenvalue weighted by Crippen LogP contribution is 2.37. The van der Waals surface area contributed by atoms with Crippen LogP contribution in [0.5, 0.6) is 0 Å². The minimum absolute atomic E-state index is 0.0105. The number of aromatic nitrogens is 3. The average molecular weight is 327 g/mol. The number of rotatable bonds is 2. The molecule has 0 aromatic carbocycles. The standard InChI is InChI=1S/C9H12F2IN3/c10-9(11)3-1-2-7(4-9)5-15-6-13-8(12)14-15/h6-7H,1-5H2. The molecule has 1 aliphatic carbocycles. The zero-order valence-corrected chi connectivity index (χ0v) is 10.3. The molecule has 1 aliphatic rings. The van der Waals surface area contributed by atoms with Crippen LogP contribution in [0.15, 0.2) is 6.33 Å². The minimum Gasteiger partial charge on any atom is -0.252 e. The predicted molar refractivity (Wildman–Crippen MR) is 59.6 cm³/mol. The molecule has 1 aromatic rings. The fraction of sp³-hybridized carbons (Fsp3) is 0.778. The summed E-state index contributed by atoms with van der Waals surface area (Å²) >= 11 is 2.01. The summed E-state index contributed by atoms with van der Waals surface area (Å²) in [7, 11) is 0. The summed E-state index contributed by atoms with van der Waals surface area (Å²) in [6, 6.07) is 0. The van der Waals surface area contributed by atoms with Crippen LogP contribution < -0.4 is 0 Å². The Balaban J connectivity index is 1.95. The molecule has 0 aliphatic heterocycles. The summed E-state index contributed by atoms with van der Waals surface area (Å²) in [6.45, 7) is 0.561.